The molecule has 0 fully saturated rings. The summed E-state index contributed by atoms with van der Waals surface area (Å²) in [4.78, 5) is 4.50. The lowest BCUT2D eigenvalue weighted by atomic mass is 9.99. The fourth-order valence-corrected chi connectivity index (χ4v) is 2.96. The largest absolute Gasteiger partial charge is 0.618 e. The molecule has 1 aromatic carbocycles. The summed E-state index contributed by atoms with van der Waals surface area (Å²) >= 11 is 0. The van der Waals surface area contributed by atoms with E-state index in [2.05, 4.69) is 4.98 Å². The van der Waals surface area contributed by atoms with Crippen LogP contribution in [0.4, 0.5) is 0 Å². The summed E-state index contributed by atoms with van der Waals surface area (Å²) in [5.41, 5.74) is 1.55. The van der Waals surface area contributed by atoms with Crippen LogP contribution in [0.5, 0.6) is 0 Å². The van der Waals surface area contributed by atoms with E-state index < -0.39 is 11.2 Å². The topological polar surface area (TPSA) is 49.1 Å². The molecule has 20 heavy (non-hydrogen) atoms. The lowest BCUT2D eigenvalue weighted by molar-refractivity contribution is -0.609. The zero-order valence-corrected chi connectivity index (χ0v) is 12.2. The van der Waals surface area contributed by atoms with E-state index in [1.54, 1.807) is 6.20 Å². The predicted octanol–water partition coefficient (Wildman–Crippen LogP) is 2.88. The van der Waals surface area contributed by atoms with Crippen LogP contribution < -0.4 is 4.73 Å². The highest BCUT2D eigenvalue weighted by atomic mass is 16.5. The molecule has 1 aliphatic heterocycles. The van der Waals surface area contributed by atoms with Gasteiger partial charge in [0.2, 0.25) is 11.4 Å². The Morgan fingerprint density at radius 3 is 2.35 bits per heavy atom. The predicted molar refractivity (Wildman–Crippen MR) is 75.8 cm³/mol. The van der Waals surface area contributed by atoms with Gasteiger partial charge in [-0.15, -0.1) is 0 Å². The third kappa shape index (κ3) is 1.79. The van der Waals surface area contributed by atoms with Crippen molar-refractivity contribution in [2.24, 2.45) is 0 Å². The summed E-state index contributed by atoms with van der Waals surface area (Å²) in [6.07, 6.45) is 1.63. The number of nitrogens with zero attached hydrogens (tertiary/aromatic N) is 2. The number of benzene rings is 1. The number of aromatic nitrogens is 2. The third-order valence-electron chi connectivity index (χ3n) is 3.68. The number of hydrogen-bond acceptors (Lipinski definition) is 3. The van der Waals surface area contributed by atoms with Crippen LogP contribution in [0.1, 0.15) is 39.1 Å². The van der Waals surface area contributed by atoms with E-state index in [4.69, 9.17) is 4.74 Å². The Bertz CT molecular complexity index is 664. The van der Waals surface area contributed by atoms with Crippen LogP contribution in [-0.4, -0.2) is 4.98 Å². The minimum atomic E-state index is -0.641. The average molecular weight is 270 g/mol. The lowest BCUT2D eigenvalue weighted by Crippen LogP contribution is -2.41. The van der Waals surface area contributed by atoms with Crippen LogP contribution in [0.15, 0.2) is 36.5 Å². The fraction of sp³-hybridized carbons (Fsp3) is 0.375. The Hall–Kier alpha value is -1.94. The number of hydrogen-bond donors (Lipinski definition) is 0. The van der Waals surface area contributed by atoms with Crippen LogP contribution in [0.2, 0.25) is 0 Å². The molecule has 1 aromatic heterocycles. The molecule has 0 bridgehead atoms. The van der Waals surface area contributed by atoms with E-state index in [0.717, 1.165) is 16.0 Å². The third-order valence-corrected chi connectivity index (χ3v) is 3.68. The van der Waals surface area contributed by atoms with Gasteiger partial charge in [0, 0.05) is 5.56 Å². The molecule has 0 atom stereocenters. The van der Waals surface area contributed by atoms with E-state index in [0.29, 0.717) is 11.4 Å². The number of rotatable bonds is 1. The van der Waals surface area contributed by atoms with Crippen molar-refractivity contribution in [3.8, 4) is 11.3 Å². The molecule has 0 spiro atoms. The molecule has 3 rings (SSSR count). The van der Waals surface area contributed by atoms with E-state index in [1.165, 1.54) is 0 Å². The molecule has 1 aliphatic rings. The Morgan fingerprint density at radius 1 is 1.05 bits per heavy atom. The number of fused-ring (bicyclic) bond motifs is 1. The SMILES string of the molecule is CC1(C)OC(C)(C)c2c1ncc(-c1ccccc1)[n+]2[O-]. The van der Waals surface area contributed by atoms with Gasteiger partial charge in [-0.25, -0.2) is 4.98 Å². The van der Waals surface area contributed by atoms with Gasteiger partial charge in [-0.05, 0) is 39.8 Å². The lowest BCUT2D eigenvalue weighted by Gasteiger charge is -2.22. The van der Waals surface area contributed by atoms with Gasteiger partial charge >= 0.3 is 0 Å². The van der Waals surface area contributed by atoms with Crippen LogP contribution in [0.25, 0.3) is 11.3 Å². The molecule has 0 aliphatic carbocycles. The van der Waals surface area contributed by atoms with Crippen molar-refractivity contribution in [2.75, 3.05) is 0 Å². The van der Waals surface area contributed by atoms with Crippen molar-refractivity contribution in [1.82, 2.24) is 4.98 Å². The zero-order chi connectivity index (χ0) is 14.5. The first-order valence-electron chi connectivity index (χ1n) is 6.72. The number of ether oxygens (including phenoxy) is 1. The van der Waals surface area contributed by atoms with Crippen molar-refractivity contribution in [1.29, 1.82) is 0 Å². The second-order valence-corrected chi connectivity index (χ2v) is 6.12. The summed E-state index contributed by atoms with van der Waals surface area (Å²) in [6, 6.07) is 9.56. The Kier molecular flexibility index (Phi) is 2.63. The minimum Gasteiger partial charge on any atom is -0.618 e. The Balaban J connectivity index is 2.26. The summed E-state index contributed by atoms with van der Waals surface area (Å²) in [5, 5.41) is 12.8. The van der Waals surface area contributed by atoms with Gasteiger partial charge < -0.3 is 9.94 Å². The summed E-state index contributed by atoms with van der Waals surface area (Å²) in [7, 11) is 0. The van der Waals surface area contributed by atoms with Crippen molar-refractivity contribution in [3.63, 3.8) is 0 Å². The van der Waals surface area contributed by atoms with Gasteiger partial charge in [0.15, 0.2) is 5.60 Å². The smallest absolute Gasteiger partial charge is 0.249 e. The monoisotopic (exact) mass is 270 g/mol. The highest BCUT2D eigenvalue weighted by Crippen LogP contribution is 2.44. The quantitative estimate of drug-likeness (QED) is 0.591. The maximum Gasteiger partial charge on any atom is 0.249 e. The first kappa shape index (κ1) is 13.1. The molecule has 0 radical (unpaired) electrons. The second-order valence-electron chi connectivity index (χ2n) is 6.12. The zero-order valence-electron chi connectivity index (χ0n) is 12.2. The van der Waals surface area contributed by atoms with Gasteiger partial charge in [0.25, 0.3) is 0 Å². The average Bonchev–Trinajstić information content (AvgIpc) is 2.56. The van der Waals surface area contributed by atoms with Crippen molar-refractivity contribution in [2.45, 2.75) is 38.9 Å². The van der Waals surface area contributed by atoms with Gasteiger partial charge in [0.1, 0.15) is 17.5 Å². The highest BCUT2D eigenvalue weighted by molar-refractivity contribution is 5.55. The van der Waals surface area contributed by atoms with Gasteiger partial charge in [0.05, 0.1) is 0 Å². The maximum absolute atomic E-state index is 12.8. The fourth-order valence-electron chi connectivity index (χ4n) is 2.96. The molecule has 0 unspecified atom stereocenters. The standard InChI is InChI=1S/C16H18N2O2/c1-15(2)13-14(16(3,4)20-15)18(19)12(10-17-13)11-8-6-5-7-9-11/h5-10H,1-4H3. The molecule has 2 heterocycles. The van der Waals surface area contributed by atoms with Gasteiger partial charge in [-0.3, -0.25) is 0 Å². The summed E-state index contributed by atoms with van der Waals surface area (Å²) in [6.45, 7) is 7.70. The van der Waals surface area contributed by atoms with Crippen LogP contribution in [0, 0.1) is 5.21 Å². The van der Waals surface area contributed by atoms with Crippen LogP contribution in [0.3, 0.4) is 0 Å². The highest BCUT2D eigenvalue weighted by Gasteiger charge is 2.51. The van der Waals surface area contributed by atoms with E-state index in [-0.39, 0.29) is 0 Å². The Morgan fingerprint density at radius 2 is 1.70 bits per heavy atom. The molecular formula is C16H18N2O2. The molecule has 0 amide bonds. The molecule has 0 saturated heterocycles. The Labute approximate surface area is 118 Å². The van der Waals surface area contributed by atoms with Crippen molar-refractivity contribution >= 4 is 0 Å². The van der Waals surface area contributed by atoms with Gasteiger partial charge in [-0.2, -0.15) is 4.73 Å². The first-order valence-corrected chi connectivity index (χ1v) is 6.72. The minimum absolute atomic E-state index is 0.541. The first-order chi connectivity index (χ1) is 9.33. The van der Waals surface area contributed by atoms with E-state index in [1.807, 2.05) is 58.0 Å². The van der Waals surface area contributed by atoms with Crippen molar-refractivity contribution < 1.29 is 9.47 Å². The molecule has 0 saturated carbocycles. The van der Waals surface area contributed by atoms with E-state index >= 15 is 0 Å². The summed E-state index contributed by atoms with van der Waals surface area (Å²) in [5.74, 6) is 0. The molecule has 4 heteroatoms. The molecular weight excluding hydrogens is 252 g/mol. The van der Waals surface area contributed by atoms with E-state index in [9.17, 15) is 5.21 Å². The van der Waals surface area contributed by atoms with Crippen molar-refractivity contribution in [3.05, 3.63) is 53.1 Å². The van der Waals surface area contributed by atoms with Gasteiger partial charge in [-0.1, -0.05) is 18.2 Å². The van der Waals surface area contributed by atoms with Crippen LogP contribution in [-0.2, 0) is 15.9 Å². The van der Waals surface area contributed by atoms with Crippen LogP contribution >= 0.6 is 0 Å². The maximum atomic E-state index is 12.8. The second kappa shape index (κ2) is 4.03. The molecule has 2 aromatic rings. The normalized spacial score (nSPS) is 18.8. The summed E-state index contributed by atoms with van der Waals surface area (Å²) < 4.78 is 6.96. The molecule has 0 N–H and O–H groups in total. The molecule has 4 nitrogen and oxygen atoms in total. The molecule has 104 valence electrons.